The summed E-state index contributed by atoms with van der Waals surface area (Å²) in [6.07, 6.45) is 2.42. The maximum Gasteiger partial charge on any atom is 0.282 e. The van der Waals surface area contributed by atoms with Crippen LogP contribution in [0.15, 0.2) is 72.4 Å². The number of methoxy groups -OCH3 is 1. The first kappa shape index (κ1) is 22.7. The Kier molecular flexibility index (Phi) is 6.03. The maximum atomic E-state index is 13.7. The fourth-order valence-electron chi connectivity index (χ4n) is 4.85. The Bertz CT molecular complexity index is 1320. The third-order valence-corrected chi connectivity index (χ3v) is 6.65. The first-order valence-electron chi connectivity index (χ1n) is 11.9. The molecule has 2 amide bonds. The van der Waals surface area contributed by atoms with E-state index in [0.29, 0.717) is 17.0 Å². The zero-order chi connectivity index (χ0) is 24.5. The number of ether oxygens (including phenoxy) is 1. The van der Waals surface area contributed by atoms with Gasteiger partial charge in [-0.1, -0.05) is 29.8 Å². The van der Waals surface area contributed by atoms with E-state index in [2.05, 4.69) is 22.3 Å². The van der Waals surface area contributed by atoms with Crippen LogP contribution in [0.1, 0.15) is 29.5 Å². The molecule has 0 unspecified atom stereocenters. The summed E-state index contributed by atoms with van der Waals surface area (Å²) in [6.45, 7) is 6.11. The zero-order valence-electron chi connectivity index (χ0n) is 20.3. The van der Waals surface area contributed by atoms with E-state index in [1.54, 1.807) is 31.4 Å². The van der Waals surface area contributed by atoms with E-state index in [1.807, 2.05) is 44.2 Å². The van der Waals surface area contributed by atoms with Crippen LogP contribution in [0.25, 0.3) is 5.57 Å². The molecule has 1 fully saturated rings. The Morgan fingerprint density at radius 1 is 0.829 bits per heavy atom. The van der Waals surface area contributed by atoms with Gasteiger partial charge in [0.2, 0.25) is 0 Å². The number of anilines is 3. The lowest BCUT2D eigenvalue weighted by molar-refractivity contribution is -0.120. The van der Waals surface area contributed by atoms with E-state index in [0.717, 1.165) is 35.5 Å². The Labute approximate surface area is 205 Å². The smallest absolute Gasteiger partial charge is 0.282 e. The van der Waals surface area contributed by atoms with Crippen LogP contribution in [0, 0.1) is 13.8 Å². The fraction of sp³-hybridized carbons (Fsp3) is 0.241. The number of aryl methyl sites for hydroxylation is 2. The van der Waals surface area contributed by atoms with Gasteiger partial charge in [-0.15, -0.1) is 0 Å². The van der Waals surface area contributed by atoms with Crippen molar-refractivity contribution >= 4 is 34.4 Å². The van der Waals surface area contributed by atoms with Gasteiger partial charge in [-0.3, -0.25) is 9.59 Å². The number of benzene rings is 3. The van der Waals surface area contributed by atoms with Gasteiger partial charge in [0.25, 0.3) is 11.8 Å². The highest BCUT2D eigenvalue weighted by molar-refractivity contribution is 6.46. The third kappa shape index (κ3) is 4.28. The monoisotopic (exact) mass is 467 g/mol. The molecule has 3 aromatic rings. The molecule has 178 valence electrons. The molecule has 2 aliphatic heterocycles. The van der Waals surface area contributed by atoms with Crippen molar-refractivity contribution in [3.8, 4) is 5.75 Å². The van der Waals surface area contributed by atoms with E-state index in [-0.39, 0.29) is 17.5 Å². The second kappa shape index (κ2) is 9.29. The van der Waals surface area contributed by atoms with Crippen molar-refractivity contribution in [3.63, 3.8) is 0 Å². The Hall–Kier alpha value is -4.06. The molecule has 35 heavy (non-hydrogen) atoms. The fourth-order valence-corrected chi connectivity index (χ4v) is 4.85. The quantitative estimate of drug-likeness (QED) is 0.498. The summed E-state index contributed by atoms with van der Waals surface area (Å²) in [6, 6.07) is 21.0. The molecule has 0 bridgehead atoms. The highest BCUT2D eigenvalue weighted by atomic mass is 16.5. The van der Waals surface area contributed by atoms with Gasteiger partial charge in [-0.25, -0.2) is 4.90 Å². The highest BCUT2D eigenvalue weighted by Crippen LogP contribution is 2.36. The Morgan fingerprint density at radius 3 is 2.26 bits per heavy atom. The van der Waals surface area contributed by atoms with E-state index in [1.165, 1.54) is 23.4 Å². The Morgan fingerprint density at radius 2 is 1.57 bits per heavy atom. The minimum absolute atomic E-state index is 0.277. The van der Waals surface area contributed by atoms with Crippen LogP contribution in [0.3, 0.4) is 0 Å². The minimum atomic E-state index is -0.387. The molecule has 6 heteroatoms. The summed E-state index contributed by atoms with van der Waals surface area (Å²) in [7, 11) is 1.56. The van der Waals surface area contributed by atoms with Crippen LogP contribution in [-0.2, 0) is 9.59 Å². The van der Waals surface area contributed by atoms with Crippen molar-refractivity contribution < 1.29 is 14.3 Å². The van der Waals surface area contributed by atoms with E-state index in [9.17, 15) is 9.59 Å². The standard InChI is InChI=1S/C29H29N3O3/c1-19-9-14-25(20(2)17-19)26-27(30-21-10-12-22(13-11-21)31-15-4-5-16-31)29(34)32(28(26)33)23-7-6-8-24(18-23)35-3/h6-14,17-18,30H,4-5,15-16H2,1-3H3. The SMILES string of the molecule is COc1cccc(N2C(=O)C(Nc3ccc(N4CCCC4)cc3)=C(c3ccc(C)cc3C)C2=O)c1. The van der Waals surface area contributed by atoms with Crippen molar-refractivity contribution in [2.45, 2.75) is 26.7 Å². The lowest BCUT2D eigenvalue weighted by atomic mass is 9.97. The van der Waals surface area contributed by atoms with Crippen molar-refractivity contribution in [2.24, 2.45) is 0 Å². The average Bonchev–Trinajstić information content (AvgIpc) is 3.47. The number of rotatable bonds is 6. The third-order valence-electron chi connectivity index (χ3n) is 6.65. The molecule has 0 atom stereocenters. The van der Waals surface area contributed by atoms with E-state index in [4.69, 9.17) is 4.74 Å². The molecule has 0 saturated carbocycles. The molecule has 0 radical (unpaired) electrons. The van der Waals surface area contributed by atoms with Gasteiger partial charge in [0.15, 0.2) is 0 Å². The summed E-state index contributed by atoms with van der Waals surface area (Å²) in [5.74, 6) is -0.164. The van der Waals surface area contributed by atoms with Crippen LogP contribution in [0.2, 0.25) is 0 Å². The lowest BCUT2D eigenvalue weighted by Crippen LogP contribution is -2.32. The van der Waals surface area contributed by atoms with Crippen LogP contribution in [-0.4, -0.2) is 32.0 Å². The Balaban J connectivity index is 1.55. The van der Waals surface area contributed by atoms with Gasteiger partial charge in [0.05, 0.1) is 18.4 Å². The molecule has 2 heterocycles. The zero-order valence-corrected chi connectivity index (χ0v) is 20.3. The molecule has 5 rings (SSSR count). The average molecular weight is 468 g/mol. The van der Waals surface area contributed by atoms with Crippen LogP contribution in [0.5, 0.6) is 5.75 Å². The number of amides is 2. The number of nitrogens with one attached hydrogen (secondary N) is 1. The number of carbonyl (C=O) groups is 2. The van der Waals surface area contributed by atoms with Crippen molar-refractivity contribution in [2.75, 3.05) is 35.3 Å². The molecule has 0 aliphatic carbocycles. The highest BCUT2D eigenvalue weighted by Gasteiger charge is 2.41. The van der Waals surface area contributed by atoms with Gasteiger partial charge < -0.3 is 15.0 Å². The molecule has 0 aromatic heterocycles. The van der Waals surface area contributed by atoms with Gasteiger partial charge in [-0.2, -0.15) is 0 Å². The van der Waals surface area contributed by atoms with Crippen LogP contribution < -0.4 is 19.9 Å². The molecular formula is C29H29N3O3. The first-order valence-corrected chi connectivity index (χ1v) is 11.9. The van der Waals surface area contributed by atoms with E-state index < -0.39 is 0 Å². The van der Waals surface area contributed by atoms with Gasteiger partial charge in [0.1, 0.15) is 11.4 Å². The second-order valence-electron chi connectivity index (χ2n) is 9.08. The predicted octanol–water partition coefficient (Wildman–Crippen LogP) is 5.31. The summed E-state index contributed by atoms with van der Waals surface area (Å²) in [5, 5.41) is 3.28. The summed E-state index contributed by atoms with van der Waals surface area (Å²) < 4.78 is 5.32. The lowest BCUT2D eigenvalue weighted by Gasteiger charge is -2.18. The topological polar surface area (TPSA) is 61.9 Å². The number of imide groups is 1. The van der Waals surface area contributed by atoms with Gasteiger partial charge in [0, 0.05) is 30.5 Å². The molecular weight excluding hydrogens is 438 g/mol. The number of hydrogen-bond donors (Lipinski definition) is 1. The largest absolute Gasteiger partial charge is 0.497 e. The first-order chi connectivity index (χ1) is 17.0. The molecule has 0 spiro atoms. The second-order valence-corrected chi connectivity index (χ2v) is 9.08. The molecule has 2 aliphatic rings. The van der Waals surface area contributed by atoms with Gasteiger partial charge >= 0.3 is 0 Å². The molecule has 1 saturated heterocycles. The molecule has 1 N–H and O–H groups in total. The number of nitrogens with zero attached hydrogens (tertiary/aromatic N) is 2. The summed E-state index contributed by atoms with van der Waals surface area (Å²) in [4.78, 5) is 31.0. The maximum absolute atomic E-state index is 13.7. The predicted molar refractivity (Wildman–Crippen MR) is 140 cm³/mol. The minimum Gasteiger partial charge on any atom is -0.497 e. The number of hydrogen-bond acceptors (Lipinski definition) is 5. The van der Waals surface area contributed by atoms with E-state index >= 15 is 0 Å². The van der Waals surface area contributed by atoms with Crippen LogP contribution in [0.4, 0.5) is 17.1 Å². The molecule has 3 aromatic carbocycles. The summed E-state index contributed by atoms with van der Waals surface area (Å²) >= 11 is 0. The number of carbonyl (C=O) groups excluding carboxylic acids is 2. The van der Waals surface area contributed by atoms with Crippen molar-refractivity contribution in [3.05, 3.63) is 89.1 Å². The van der Waals surface area contributed by atoms with Crippen molar-refractivity contribution in [1.82, 2.24) is 0 Å². The summed E-state index contributed by atoms with van der Waals surface area (Å²) in [5.41, 5.74) is 5.84. The van der Waals surface area contributed by atoms with Crippen molar-refractivity contribution in [1.29, 1.82) is 0 Å². The normalized spacial score (nSPS) is 15.9. The molecule has 6 nitrogen and oxygen atoms in total. The van der Waals surface area contributed by atoms with Crippen LogP contribution >= 0.6 is 0 Å². The van der Waals surface area contributed by atoms with Gasteiger partial charge in [-0.05, 0) is 74.2 Å².